The van der Waals surface area contributed by atoms with Crippen molar-refractivity contribution in [2.75, 3.05) is 0 Å². The summed E-state index contributed by atoms with van der Waals surface area (Å²) in [4.78, 5) is 2.47. The van der Waals surface area contributed by atoms with Gasteiger partial charge >= 0.3 is 6.98 Å². The van der Waals surface area contributed by atoms with E-state index in [1.165, 1.54) is 12.1 Å². The molecule has 0 saturated heterocycles. The Hall–Kier alpha value is -1.62. The Balaban J connectivity index is 2.95. The summed E-state index contributed by atoms with van der Waals surface area (Å²) < 4.78 is 36.7. The minimum atomic E-state index is -4.98. The molecule has 0 spiro atoms. The molecule has 0 unspecified atom stereocenters. The summed E-state index contributed by atoms with van der Waals surface area (Å²) >= 11 is 0. The van der Waals surface area contributed by atoms with Gasteiger partial charge in [0, 0.05) is 4.91 Å². The molecule has 0 saturated carbocycles. The molecule has 1 rings (SSSR count). The van der Waals surface area contributed by atoms with Crippen LogP contribution in [0.25, 0.3) is 10.4 Å². The van der Waals surface area contributed by atoms with Crippen molar-refractivity contribution >= 4 is 12.4 Å². The third-order valence-corrected chi connectivity index (χ3v) is 1.65. The van der Waals surface area contributed by atoms with Crippen molar-refractivity contribution < 1.29 is 12.9 Å². The quantitative estimate of drug-likeness (QED) is 0.311. The summed E-state index contributed by atoms with van der Waals surface area (Å²) in [5.74, 6) is 0. The van der Waals surface area contributed by atoms with Crippen molar-refractivity contribution in [3.63, 3.8) is 0 Å². The maximum absolute atomic E-state index is 12.2. The molecule has 7 heteroatoms. The van der Waals surface area contributed by atoms with E-state index in [2.05, 4.69) is 10.0 Å². The summed E-state index contributed by atoms with van der Waals surface area (Å²) in [5.41, 5.74) is 7.69. The molecule has 0 aliphatic carbocycles. The van der Waals surface area contributed by atoms with Crippen molar-refractivity contribution in [3.05, 3.63) is 40.3 Å². The van der Waals surface area contributed by atoms with Gasteiger partial charge in [0.2, 0.25) is 0 Å². The number of benzene rings is 1. The van der Waals surface area contributed by atoms with Crippen LogP contribution in [0.1, 0.15) is 5.56 Å². The predicted molar refractivity (Wildman–Crippen MR) is 48.0 cm³/mol. The largest absolute Gasteiger partial charge is 0.509 e. The van der Waals surface area contributed by atoms with Gasteiger partial charge in [-0.2, -0.15) is 0 Å². The second-order valence-electron chi connectivity index (χ2n) is 2.71. The zero-order valence-electron chi connectivity index (χ0n) is 7.07. The maximum atomic E-state index is 12.2. The second-order valence-corrected chi connectivity index (χ2v) is 2.71. The molecule has 0 fully saturated rings. The van der Waals surface area contributed by atoms with Gasteiger partial charge in [0.05, 0.1) is 6.54 Å². The molecule has 3 nitrogen and oxygen atoms in total. The molecular formula is C7H6BF3N3-. The Labute approximate surface area is 78.2 Å². The van der Waals surface area contributed by atoms with E-state index < -0.39 is 12.4 Å². The Morgan fingerprint density at radius 3 is 2.64 bits per heavy atom. The summed E-state index contributed by atoms with van der Waals surface area (Å²) in [6.45, 7) is -5.04. The van der Waals surface area contributed by atoms with Crippen LogP contribution in [0.5, 0.6) is 0 Å². The Morgan fingerprint density at radius 2 is 2.07 bits per heavy atom. The van der Waals surface area contributed by atoms with Crippen LogP contribution in [0.3, 0.4) is 0 Å². The molecule has 0 N–H and O–H groups in total. The third kappa shape index (κ3) is 2.71. The minimum absolute atomic E-state index is 0.0590. The van der Waals surface area contributed by atoms with Gasteiger partial charge in [-0.05, 0) is 11.1 Å². The Morgan fingerprint density at radius 1 is 1.36 bits per heavy atom. The molecular weight excluding hydrogens is 194 g/mol. The van der Waals surface area contributed by atoms with Crippen LogP contribution >= 0.6 is 0 Å². The topological polar surface area (TPSA) is 48.8 Å². The number of rotatable bonds is 3. The molecule has 0 aliphatic rings. The van der Waals surface area contributed by atoms with Gasteiger partial charge in [-0.1, -0.05) is 29.4 Å². The van der Waals surface area contributed by atoms with Gasteiger partial charge in [-0.3, -0.25) is 0 Å². The predicted octanol–water partition coefficient (Wildman–Crippen LogP) is 2.55. The molecule has 0 aromatic heterocycles. The number of hydrogen-bond donors (Lipinski definition) is 0. The van der Waals surface area contributed by atoms with Crippen LogP contribution < -0.4 is 5.46 Å². The number of halogens is 3. The van der Waals surface area contributed by atoms with E-state index in [4.69, 9.17) is 5.53 Å². The first-order chi connectivity index (χ1) is 6.54. The van der Waals surface area contributed by atoms with Crippen LogP contribution in [-0.2, 0) is 6.54 Å². The van der Waals surface area contributed by atoms with E-state index >= 15 is 0 Å². The van der Waals surface area contributed by atoms with Gasteiger partial charge in [0.15, 0.2) is 0 Å². The highest BCUT2D eigenvalue weighted by molar-refractivity contribution is 6.73. The second kappa shape index (κ2) is 4.06. The lowest BCUT2D eigenvalue weighted by atomic mass is 9.79. The highest BCUT2D eigenvalue weighted by Crippen LogP contribution is 2.10. The molecule has 1 aromatic carbocycles. The van der Waals surface area contributed by atoms with E-state index in [0.29, 0.717) is 5.56 Å². The van der Waals surface area contributed by atoms with E-state index in [1.54, 1.807) is 0 Å². The van der Waals surface area contributed by atoms with Crippen LogP contribution in [0.2, 0.25) is 0 Å². The third-order valence-electron chi connectivity index (χ3n) is 1.65. The molecule has 0 bridgehead atoms. The molecule has 14 heavy (non-hydrogen) atoms. The summed E-state index contributed by atoms with van der Waals surface area (Å²) in [6, 6.07) is 4.78. The number of nitrogens with zero attached hydrogens (tertiary/aromatic N) is 3. The number of azide groups is 1. The first kappa shape index (κ1) is 10.5. The molecule has 0 aliphatic heterocycles. The maximum Gasteiger partial charge on any atom is 0.509 e. The molecule has 0 atom stereocenters. The van der Waals surface area contributed by atoms with Crippen LogP contribution in [0, 0.1) is 0 Å². The van der Waals surface area contributed by atoms with Gasteiger partial charge in [-0.15, -0.1) is 5.46 Å². The van der Waals surface area contributed by atoms with Crippen LogP contribution in [0.4, 0.5) is 12.9 Å². The van der Waals surface area contributed by atoms with Crippen molar-refractivity contribution in [1.29, 1.82) is 0 Å². The Kier molecular flexibility index (Phi) is 3.04. The lowest BCUT2D eigenvalue weighted by Crippen LogP contribution is -2.33. The summed E-state index contributed by atoms with van der Waals surface area (Å²) in [5, 5.41) is 3.19. The lowest BCUT2D eigenvalue weighted by molar-refractivity contribution is 0.501. The lowest BCUT2D eigenvalue weighted by Gasteiger charge is -2.15. The van der Waals surface area contributed by atoms with E-state index in [-0.39, 0.29) is 6.54 Å². The normalized spacial score (nSPS) is 10.8. The van der Waals surface area contributed by atoms with Gasteiger partial charge in [-0.25, -0.2) is 0 Å². The molecule has 0 amide bonds. The fourth-order valence-corrected chi connectivity index (χ4v) is 1.01. The SMILES string of the molecule is [N-]=[N+]=NCc1cccc([B-](F)(F)F)c1. The van der Waals surface area contributed by atoms with E-state index in [0.717, 1.165) is 12.1 Å². The van der Waals surface area contributed by atoms with Gasteiger partial charge < -0.3 is 12.9 Å². The van der Waals surface area contributed by atoms with Gasteiger partial charge in [0.25, 0.3) is 0 Å². The highest BCUT2D eigenvalue weighted by atomic mass is 19.4. The Bertz CT molecular complexity index is 371. The molecule has 0 radical (unpaired) electrons. The smallest absolute Gasteiger partial charge is 0.445 e. The van der Waals surface area contributed by atoms with Crippen molar-refractivity contribution in [2.24, 2.45) is 5.11 Å². The monoisotopic (exact) mass is 200 g/mol. The van der Waals surface area contributed by atoms with Crippen LogP contribution in [0.15, 0.2) is 29.4 Å². The standard InChI is InChI=1S/C7H6BF3N3/c9-8(10,11)7-3-1-2-6(4-7)5-13-14-12/h1-4H,5H2/q-1. The van der Waals surface area contributed by atoms with E-state index in [1.807, 2.05) is 0 Å². The zero-order valence-corrected chi connectivity index (χ0v) is 7.07. The molecule has 1 aromatic rings. The van der Waals surface area contributed by atoms with E-state index in [9.17, 15) is 12.9 Å². The van der Waals surface area contributed by atoms with Crippen molar-refractivity contribution in [1.82, 2.24) is 0 Å². The fourth-order valence-electron chi connectivity index (χ4n) is 1.01. The zero-order chi connectivity index (χ0) is 10.6. The molecule has 74 valence electrons. The first-order valence-electron chi connectivity index (χ1n) is 3.83. The number of hydrogen-bond acceptors (Lipinski definition) is 1. The fraction of sp³-hybridized carbons (Fsp3) is 0.143. The van der Waals surface area contributed by atoms with Crippen molar-refractivity contribution in [2.45, 2.75) is 6.54 Å². The van der Waals surface area contributed by atoms with Crippen molar-refractivity contribution in [3.8, 4) is 0 Å². The average Bonchev–Trinajstić information content (AvgIpc) is 2.14. The molecule has 0 heterocycles. The highest BCUT2D eigenvalue weighted by Gasteiger charge is 2.25. The average molecular weight is 200 g/mol. The van der Waals surface area contributed by atoms with Gasteiger partial charge in [0.1, 0.15) is 0 Å². The van der Waals surface area contributed by atoms with Crippen LogP contribution in [-0.4, -0.2) is 6.98 Å². The first-order valence-corrected chi connectivity index (χ1v) is 3.83. The minimum Gasteiger partial charge on any atom is -0.445 e. The summed E-state index contributed by atoms with van der Waals surface area (Å²) in [6.07, 6.45) is 0. The summed E-state index contributed by atoms with van der Waals surface area (Å²) in [7, 11) is 0.